The molecular weight excluding hydrogens is 450 g/mol. The lowest BCUT2D eigenvalue weighted by Gasteiger charge is -2.31. The first kappa shape index (κ1) is 32.1. The number of hydrogen-bond acceptors (Lipinski definition) is 5. The van der Waals surface area contributed by atoms with Crippen molar-refractivity contribution >= 4 is 11.8 Å². The predicted octanol–water partition coefficient (Wildman–Crippen LogP) is 4.22. The van der Waals surface area contributed by atoms with Gasteiger partial charge in [-0.15, -0.1) is 0 Å². The van der Waals surface area contributed by atoms with Crippen LogP contribution in [0.4, 0.5) is 0 Å². The van der Waals surface area contributed by atoms with Gasteiger partial charge in [0.1, 0.15) is 0 Å². The third-order valence-corrected chi connectivity index (χ3v) is 6.83. The molecule has 5 N–H and O–H groups in total. The Bertz CT molecular complexity index is 686. The Morgan fingerprint density at radius 1 is 0.861 bits per heavy atom. The molecule has 0 aromatic heterocycles. The first-order chi connectivity index (χ1) is 17.5. The second-order valence-corrected chi connectivity index (χ2v) is 9.91. The maximum atomic E-state index is 12.8. The summed E-state index contributed by atoms with van der Waals surface area (Å²) in [6.45, 7) is 7.64. The first-order valence-electron chi connectivity index (χ1n) is 14.2. The van der Waals surface area contributed by atoms with Crippen molar-refractivity contribution in [2.75, 3.05) is 45.8 Å². The predicted molar refractivity (Wildman–Crippen MR) is 151 cm³/mol. The van der Waals surface area contributed by atoms with Gasteiger partial charge in [0.2, 0.25) is 11.8 Å². The van der Waals surface area contributed by atoms with Gasteiger partial charge >= 0.3 is 0 Å². The van der Waals surface area contributed by atoms with Crippen molar-refractivity contribution in [1.82, 2.24) is 15.1 Å². The summed E-state index contributed by atoms with van der Waals surface area (Å²) in [6.07, 6.45) is 14.5. The van der Waals surface area contributed by atoms with Crippen molar-refractivity contribution in [3.63, 3.8) is 0 Å². The quantitative estimate of drug-likeness (QED) is 0.194. The first-order valence-corrected chi connectivity index (χ1v) is 14.2. The summed E-state index contributed by atoms with van der Waals surface area (Å²) >= 11 is 0. The van der Waals surface area contributed by atoms with Crippen molar-refractivity contribution in [2.45, 2.75) is 90.5 Å². The highest BCUT2D eigenvalue weighted by molar-refractivity contribution is 5.78. The molecule has 1 aromatic rings. The van der Waals surface area contributed by atoms with Gasteiger partial charge < -0.3 is 21.7 Å². The number of carbonyl (C=O) groups excluding carboxylic acids is 2. The molecule has 1 rings (SSSR count). The Morgan fingerprint density at radius 2 is 1.44 bits per heavy atom. The summed E-state index contributed by atoms with van der Waals surface area (Å²) in [7, 11) is 0. The summed E-state index contributed by atoms with van der Waals surface area (Å²) < 4.78 is 0. The Morgan fingerprint density at radius 3 is 2.00 bits per heavy atom. The molecule has 0 spiro atoms. The van der Waals surface area contributed by atoms with E-state index in [0.29, 0.717) is 32.7 Å². The number of nitrogens with zero attached hydrogens (tertiary/aromatic N) is 2. The molecule has 7 heteroatoms. The molecule has 0 fully saturated rings. The second kappa shape index (κ2) is 21.2. The van der Waals surface area contributed by atoms with Crippen LogP contribution in [0, 0.1) is 0 Å². The van der Waals surface area contributed by atoms with Gasteiger partial charge in [0.15, 0.2) is 0 Å². The zero-order valence-corrected chi connectivity index (χ0v) is 23.1. The lowest BCUT2D eigenvalue weighted by Crippen LogP contribution is -2.46. The zero-order chi connectivity index (χ0) is 26.4. The minimum atomic E-state index is -0.372. The van der Waals surface area contributed by atoms with E-state index < -0.39 is 0 Å². The fourth-order valence-corrected chi connectivity index (χ4v) is 4.54. The van der Waals surface area contributed by atoms with Gasteiger partial charge in [0.05, 0.1) is 13.1 Å². The smallest absolute Gasteiger partial charge is 0.236 e. The van der Waals surface area contributed by atoms with Crippen LogP contribution in [0.1, 0.15) is 96.1 Å². The SMILES string of the molecule is CCCCCCCCCCCCCNCC(=O)N(CCN)CCN(CC(N)=O)C(C)c1ccccc1. The number of benzene rings is 1. The number of carbonyl (C=O) groups is 2. The molecule has 0 saturated heterocycles. The Hall–Kier alpha value is -1.96. The van der Waals surface area contributed by atoms with Crippen molar-refractivity contribution in [1.29, 1.82) is 0 Å². The number of unbranched alkanes of at least 4 members (excludes halogenated alkanes) is 10. The molecule has 36 heavy (non-hydrogen) atoms. The number of rotatable bonds is 23. The van der Waals surface area contributed by atoms with Crippen molar-refractivity contribution in [3.8, 4) is 0 Å². The van der Waals surface area contributed by atoms with Crippen LogP contribution >= 0.6 is 0 Å². The van der Waals surface area contributed by atoms with Crippen LogP contribution < -0.4 is 16.8 Å². The molecule has 0 aliphatic carbocycles. The molecule has 0 bridgehead atoms. The van der Waals surface area contributed by atoms with Crippen LogP contribution in [-0.2, 0) is 9.59 Å². The normalized spacial score (nSPS) is 12.1. The average molecular weight is 504 g/mol. The van der Waals surface area contributed by atoms with E-state index in [4.69, 9.17) is 11.5 Å². The molecule has 0 aliphatic heterocycles. The van der Waals surface area contributed by atoms with Crippen LogP contribution in [-0.4, -0.2) is 67.4 Å². The zero-order valence-electron chi connectivity index (χ0n) is 23.1. The van der Waals surface area contributed by atoms with E-state index >= 15 is 0 Å². The summed E-state index contributed by atoms with van der Waals surface area (Å²) in [6, 6.07) is 10.0. The van der Waals surface area contributed by atoms with Crippen LogP contribution in [0.15, 0.2) is 30.3 Å². The third-order valence-electron chi connectivity index (χ3n) is 6.83. The molecular formula is C29H53N5O2. The molecule has 0 aliphatic rings. The highest BCUT2D eigenvalue weighted by Crippen LogP contribution is 2.19. The van der Waals surface area contributed by atoms with Gasteiger partial charge in [-0.25, -0.2) is 0 Å². The summed E-state index contributed by atoms with van der Waals surface area (Å²) in [5.74, 6) is -0.321. The fraction of sp³-hybridized carbons (Fsp3) is 0.724. The van der Waals surface area contributed by atoms with Crippen molar-refractivity contribution < 1.29 is 9.59 Å². The topological polar surface area (TPSA) is 105 Å². The van der Waals surface area contributed by atoms with Gasteiger partial charge in [-0.05, 0) is 25.5 Å². The van der Waals surface area contributed by atoms with Crippen LogP contribution in [0.2, 0.25) is 0 Å². The highest BCUT2D eigenvalue weighted by atomic mass is 16.2. The average Bonchev–Trinajstić information content (AvgIpc) is 2.88. The van der Waals surface area contributed by atoms with E-state index in [0.717, 1.165) is 18.5 Å². The maximum absolute atomic E-state index is 12.8. The standard InChI is InChI=1S/C29H53N5O2/c1-3-4-5-6-7-8-9-10-11-12-16-20-32-24-29(36)33(21-19-30)22-23-34(25-28(31)35)26(2)27-17-14-13-15-18-27/h13-15,17-18,26,32H,3-12,16,19-25,30H2,1-2H3,(H2,31,35). The minimum Gasteiger partial charge on any atom is -0.369 e. The van der Waals surface area contributed by atoms with Gasteiger partial charge in [-0.2, -0.15) is 0 Å². The Balaban J connectivity index is 2.29. The molecule has 1 unspecified atom stereocenters. The van der Waals surface area contributed by atoms with Gasteiger partial charge in [-0.3, -0.25) is 14.5 Å². The van der Waals surface area contributed by atoms with E-state index in [9.17, 15) is 9.59 Å². The lowest BCUT2D eigenvalue weighted by molar-refractivity contribution is -0.130. The van der Waals surface area contributed by atoms with Crippen LogP contribution in [0.25, 0.3) is 0 Å². The maximum Gasteiger partial charge on any atom is 0.236 e. The third kappa shape index (κ3) is 15.2. The summed E-state index contributed by atoms with van der Waals surface area (Å²) in [5.41, 5.74) is 12.4. The molecule has 0 radical (unpaired) electrons. The van der Waals surface area contributed by atoms with Crippen molar-refractivity contribution in [2.24, 2.45) is 11.5 Å². The molecule has 0 saturated carbocycles. The van der Waals surface area contributed by atoms with E-state index in [-0.39, 0.29) is 24.4 Å². The minimum absolute atomic E-state index is 0.0210. The Kier molecular flexibility index (Phi) is 18.8. The van der Waals surface area contributed by atoms with E-state index in [1.165, 1.54) is 64.2 Å². The Labute approximate surface area is 220 Å². The second-order valence-electron chi connectivity index (χ2n) is 9.91. The monoisotopic (exact) mass is 503 g/mol. The largest absolute Gasteiger partial charge is 0.369 e. The highest BCUT2D eigenvalue weighted by Gasteiger charge is 2.20. The lowest BCUT2D eigenvalue weighted by atomic mass is 10.1. The number of nitrogens with one attached hydrogen (secondary N) is 1. The summed E-state index contributed by atoms with van der Waals surface area (Å²) in [4.78, 5) is 28.3. The molecule has 1 atom stereocenters. The number of nitrogens with two attached hydrogens (primary N) is 2. The number of amides is 2. The van der Waals surface area contributed by atoms with E-state index in [1.807, 2.05) is 35.2 Å². The van der Waals surface area contributed by atoms with Gasteiger partial charge in [0, 0.05) is 32.2 Å². The molecule has 7 nitrogen and oxygen atoms in total. The summed E-state index contributed by atoms with van der Waals surface area (Å²) in [5, 5.41) is 3.30. The van der Waals surface area contributed by atoms with E-state index in [1.54, 1.807) is 4.90 Å². The van der Waals surface area contributed by atoms with Crippen LogP contribution in [0.5, 0.6) is 0 Å². The molecule has 0 heterocycles. The molecule has 1 aromatic carbocycles. The molecule has 206 valence electrons. The van der Waals surface area contributed by atoms with Gasteiger partial charge in [0.25, 0.3) is 0 Å². The van der Waals surface area contributed by atoms with E-state index in [2.05, 4.69) is 19.2 Å². The van der Waals surface area contributed by atoms with Crippen LogP contribution in [0.3, 0.4) is 0 Å². The number of primary amides is 1. The van der Waals surface area contributed by atoms with Gasteiger partial charge in [-0.1, -0.05) is 101 Å². The molecule has 2 amide bonds. The van der Waals surface area contributed by atoms with Crippen molar-refractivity contribution in [3.05, 3.63) is 35.9 Å². The number of hydrogen-bond donors (Lipinski definition) is 3. The fourth-order valence-electron chi connectivity index (χ4n) is 4.54.